The van der Waals surface area contributed by atoms with Gasteiger partial charge in [-0.05, 0) is 43.5 Å². The molecule has 0 radical (unpaired) electrons. The number of hydrogen-bond acceptors (Lipinski definition) is 3. The van der Waals surface area contributed by atoms with Crippen molar-refractivity contribution in [2.75, 3.05) is 13.1 Å². The number of nitrogens with zero attached hydrogens (tertiary/aromatic N) is 1. The van der Waals surface area contributed by atoms with Crippen LogP contribution in [0.15, 0.2) is 18.2 Å². The SMILES string of the molecule is Cc1cc(F)ccc1C(=O)NS(=O)(=O)N1CCCC1. The molecule has 7 heteroatoms. The van der Waals surface area contributed by atoms with Gasteiger partial charge in [0.05, 0.1) is 0 Å². The molecule has 0 saturated carbocycles. The molecule has 1 aliphatic rings. The molecule has 1 N–H and O–H groups in total. The van der Waals surface area contributed by atoms with Crippen molar-refractivity contribution in [1.82, 2.24) is 9.03 Å². The summed E-state index contributed by atoms with van der Waals surface area (Å²) in [6.07, 6.45) is 1.59. The molecule has 5 nitrogen and oxygen atoms in total. The Kier molecular flexibility index (Phi) is 3.86. The Balaban J connectivity index is 2.16. The Morgan fingerprint density at radius 1 is 1.32 bits per heavy atom. The maximum Gasteiger partial charge on any atom is 0.304 e. The number of benzene rings is 1. The zero-order valence-electron chi connectivity index (χ0n) is 10.5. The second-order valence-electron chi connectivity index (χ2n) is 4.50. The van der Waals surface area contributed by atoms with Crippen LogP contribution in [0.4, 0.5) is 4.39 Å². The van der Waals surface area contributed by atoms with Crippen molar-refractivity contribution in [3.63, 3.8) is 0 Å². The summed E-state index contributed by atoms with van der Waals surface area (Å²) < 4.78 is 40.0. The van der Waals surface area contributed by atoms with Crippen LogP contribution in [0.3, 0.4) is 0 Å². The van der Waals surface area contributed by atoms with E-state index in [9.17, 15) is 17.6 Å². The van der Waals surface area contributed by atoms with Gasteiger partial charge in [0, 0.05) is 18.7 Å². The van der Waals surface area contributed by atoms with Crippen LogP contribution in [0.25, 0.3) is 0 Å². The van der Waals surface area contributed by atoms with E-state index < -0.39 is 21.9 Å². The van der Waals surface area contributed by atoms with E-state index in [0.717, 1.165) is 18.9 Å². The van der Waals surface area contributed by atoms with Crippen LogP contribution in [-0.2, 0) is 10.2 Å². The molecule has 19 heavy (non-hydrogen) atoms. The molecule has 1 aromatic rings. The first-order valence-electron chi connectivity index (χ1n) is 5.98. The molecule has 1 heterocycles. The quantitative estimate of drug-likeness (QED) is 0.908. The van der Waals surface area contributed by atoms with Crippen molar-refractivity contribution < 1.29 is 17.6 Å². The van der Waals surface area contributed by atoms with E-state index in [1.165, 1.54) is 16.4 Å². The Labute approximate surface area is 111 Å². The minimum absolute atomic E-state index is 0.157. The molecule has 2 rings (SSSR count). The lowest BCUT2D eigenvalue weighted by Crippen LogP contribution is -2.42. The lowest BCUT2D eigenvalue weighted by Gasteiger charge is -2.16. The smallest absolute Gasteiger partial charge is 0.268 e. The van der Waals surface area contributed by atoms with E-state index in [1.54, 1.807) is 6.92 Å². The number of hydrogen-bond donors (Lipinski definition) is 1. The largest absolute Gasteiger partial charge is 0.304 e. The molecule has 1 amide bonds. The van der Waals surface area contributed by atoms with Gasteiger partial charge in [-0.3, -0.25) is 4.79 Å². The van der Waals surface area contributed by atoms with E-state index >= 15 is 0 Å². The molecule has 0 bridgehead atoms. The third-order valence-electron chi connectivity index (χ3n) is 3.06. The minimum Gasteiger partial charge on any atom is -0.268 e. The lowest BCUT2D eigenvalue weighted by atomic mass is 10.1. The molecular formula is C12H15FN2O3S. The van der Waals surface area contributed by atoms with Gasteiger partial charge in [-0.15, -0.1) is 0 Å². The number of carbonyl (C=O) groups is 1. The monoisotopic (exact) mass is 286 g/mol. The average Bonchev–Trinajstić information content (AvgIpc) is 2.81. The van der Waals surface area contributed by atoms with Gasteiger partial charge in [0.2, 0.25) is 0 Å². The maximum absolute atomic E-state index is 12.9. The molecule has 1 aliphatic heterocycles. The fourth-order valence-corrected chi connectivity index (χ4v) is 3.26. The summed E-state index contributed by atoms with van der Waals surface area (Å²) in [6.45, 7) is 2.40. The van der Waals surface area contributed by atoms with Crippen molar-refractivity contribution in [2.24, 2.45) is 0 Å². The van der Waals surface area contributed by atoms with Crippen molar-refractivity contribution in [2.45, 2.75) is 19.8 Å². The van der Waals surface area contributed by atoms with Gasteiger partial charge in [-0.1, -0.05) is 0 Å². The highest BCUT2D eigenvalue weighted by atomic mass is 32.2. The standard InChI is InChI=1S/C12H15FN2O3S/c1-9-8-10(13)4-5-11(9)12(16)14-19(17,18)15-6-2-3-7-15/h4-5,8H,2-3,6-7H2,1H3,(H,14,16). The van der Waals surface area contributed by atoms with Crippen molar-refractivity contribution in [3.05, 3.63) is 35.1 Å². The topological polar surface area (TPSA) is 66.5 Å². The lowest BCUT2D eigenvalue weighted by molar-refractivity contribution is 0.0979. The van der Waals surface area contributed by atoms with Gasteiger partial charge in [-0.25, -0.2) is 9.11 Å². The first-order valence-corrected chi connectivity index (χ1v) is 7.42. The second kappa shape index (κ2) is 5.26. The van der Waals surface area contributed by atoms with Crippen molar-refractivity contribution >= 4 is 16.1 Å². The Hall–Kier alpha value is -1.47. The minimum atomic E-state index is -3.79. The molecule has 0 spiro atoms. The molecule has 0 aromatic heterocycles. The molecule has 104 valence electrons. The number of aryl methyl sites for hydroxylation is 1. The normalized spacial score (nSPS) is 16.5. The third-order valence-corrected chi connectivity index (χ3v) is 4.55. The first kappa shape index (κ1) is 14.0. The predicted molar refractivity (Wildman–Crippen MR) is 68.3 cm³/mol. The van der Waals surface area contributed by atoms with Crippen LogP contribution in [-0.4, -0.2) is 31.7 Å². The van der Waals surface area contributed by atoms with Gasteiger partial charge in [0.25, 0.3) is 5.91 Å². The van der Waals surface area contributed by atoms with Gasteiger partial charge < -0.3 is 0 Å². The number of rotatable bonds is 3. The predicted octanol–water partition coefficient (Wildman–Crippen LogP) is 1.20. The first-order chi connectivity index (χ1) is 8.90. The van der Waals surface area contributed by atoms with E-state index in [2.05, 4.69) is 0 Å². The zero-order valence-corrected chi connectivity index (χ0v) is 11.3. The third kappa shape index (κ3) is 3.10. The van der Waals surface area contributed by atoms with E-state index in [-0.39, 0.29) is 5.56 Å². The highest BCUT2D eigenvalue weighted by Crippen LogP contribution is 2.14. The molecule has 0 unspecified atom stereocenters. The second-order valence-corrected chi connectivity index (χ2v) is 6.17. The Morgan fingerprint density at radius 2 is 1.95 bits per heavy atom. The molecule has 1 aromatic carbocycles. The molecule has 1 fully saturated rings. The van der Waals surface area contributed by atoms with Gasteiger partial charge in [0.1, 0.15) is 5.82 Å². The summed E-state index contributed by atoms with van der Waals surface area (Å²) >= 11 is 0. The molecule has 0 atom stereocenters. The van der Waals surface area contributed by atoms with Crippen molar-refractivity contribution in [3.8, 4) is 0 Å². The van der Waals surface area contributed by atoms with E-state index in [4.69, 9.17) is 0 Å². The summed E-state index contributed by atoms with van der Waals surface area (Å²) in [5, 5.41) is 0. The highest BCUT2D eigenvalue weighted by Gasteiger charge is 2.27. The summed E-state index contributed by atoms with van der Waals surface area (Å²) in [5.74, 6) is -1.19. The molecule has 0 aliphatic carbocycles. The van der Waals surface area contributed by atoms with Gasteiger partial charge in [-0.2, -0.15) is 12.7 Å². The maximum atomic E-state index is 12.9. The number of nitrogens with one attached hydrogen (secondary N) is 1. The fraction of sp³-hybridized carbons (Fsp3) is 0.417. The van der Waals surface area contributed by atoms with Crippen LogP contribution < -0.4 is 4.72 Å². The number of halogens is 1. The Bertz CT molecular complexity index is 595. The van der Waals surface area contributed by atoms with Crippen LogP contribution in [0.2, 0.25) is 0 Å². The van der Waals surface area contributed by atoms with Crippen LogP contribution in [0.1, 0.15) is 28.8 Å². The average molecular weight is 286 g/mol. The number of carbonyl (C=O) groups excluding carboxylic acids is 1. The summed E-state index contributed by atoms with van der Waals surface area (Å²) in [7, 11) is -3.79. The summed E-state index contributed by atoms with van der Waals surface area (Å²) in [4.78, 5) is 11.9. The van der Waals surface area contributed by atoms with Crippen LogP contribution in [0, 0.1) is 12.7 Å². The van der Waals surface area contributed by atoms with Gasteiger partial charge in [0.15, 0.2) is 0 Å². The zero-order chi connectivity index (χ0) is 14.0. The summed E-state index contributed by atoms with van der Waals surface area (Å²) in [6, 6.07) is 3.60. The van der Waals surface area contributed by atoms with Gasteiger partial charge >= 0.3 is 10.2 Å². The van der Waals surface area contributed by atoms with Crippen LogP contribution >= 0.6 is 0 Å². The summed E-state index contributed by atoms with van der Waals surface area (Å²) in [5.41, 5.74) is 0.554. The fourth-order valence-electron chi connectivity index (χ4n) is 2.05. The van der Waals surface area contributed by atoms with Crippen LogP contribution in [0.5, 0.6) is 0 Å². The van der Waals surface area contributed by atoms with E-state index in [0.29, 0.717) is 18.7 Å². The molecule has 1 saturated heterocycles. The highest BCUT2D eigenvalue weighted by molar-refractivity contribution is 7.87. The Morgan fingerprint density at radius 3 is 2.53 bits per heavy atom. The van der Waals surface area contributed by atoms with Crippen molar-refractivity contribution in [1.29, 1.82) is 0 Å². The number of amides is 1. The van der Waals surface area contributed by atoms with E-state index in [1.807, 2.05) is 4.72 Å². The molecular weight excluding hydrogens is 271 g/mol.